The number of carbonyl (C=O) groups is 2. The number of amides is 2. The number of nitrogens with one attached hydrogen (secondary N) is 1. The van der Waals surface area contributed by atoms with E-state index in [1.807, 2.05) is 26.0 Å². The second-order valence-corrected chi connectivity index (χ2v) is 6.29. The van der Waals surface area contributed by atoms with Crippen LogP contribution in [0.4, 0.5) is 10.5 Å². The molecule has 2 N–H and O–H groups in total. The molecular formula is C18H21N3O4. The van der Waals surface area contributed by atoms with Gasteiger partial charge in [-0.2, -0.15) is 0 Å². The summed E-state index contributed by atoms with van der Waals surface area (Å²) in [5.74, 6) is -0.0780. The molecule has 2 amide bonds. The fourth-order valence-corrected chi connectivity index (χ4v) is 2.89. The fraction of sp³-hybridized carbons (Fsp3) is 0.389. The summed E-state index contributed by atoms with van der Waals surface area (Å²) in [4.78, 5) is 29.5. The lowest BCUT2D eigenvalue weighted by atomic mass is 9.99. The standard InChI is InChI=1S/C18H21N3O4/c1-11-12(2)25-16(19-11)13-5-3-7-15(9-13)20-18(24)21-8-4-6-14(10-21)17(22)23/h3,5,7,9,14H,4,6,8,10H2,1-2H3,(H,20,24)(H,22,23). The number of aromatic nitrogens is 1. The van der Waals surface area contributed by atoms with Gasteiger partial charge < -0.3 is 19.7 Å². The summed E-state index contributed by atoms with van der Waals surface area (Å²) in [6.45, 7) is 4.53. The molecule has 0 spiro atoms. The van der Waals surface area contributed by atoms with Crippen molar-refractivity contribution >= 4 is 17.7 Å². The van der Waals surface area contributed by atoms with Gasteiger partial charge in [0.15, 0.2) is 0 Å². The lowest BCUT2D eigenvalue weighted by Crippen LogP contribution is -2.44. The molecule has 1 unspecified atom stereocenters. The highest BCUT2D eigenvalue weighted by Gasteiger charge is 2.28. The topological polar surface area (TPSA) is 95.7 Å². The van der Waals surface area contributed by atoms with Crippen molar-refractivity contribution in [2.24, 2.45) is 5.92 Å². The van der Waals surface area contributed by atoms with E-state index in [0.717, 1.165) is 17.0 Å². The third-order valence-corrected chi connectivity index (χ3v) is 4.45. The van der Waals surface area contributed by atoms with Crippen LogP contribution < -0.4 is 5.32 Å². The highest BCUT2D eigenvalue weighted by Crippen LogP contribution is 2.24. The van der Waals surface area contributed by atoms with Crippen LogP contribution in [0.25, 0.3) is 11.5 Å². The maximum atomic E-state index is 12.4. The van der Waals surface area contributed by atoms with Crippen molar-refractivity contribution in [2.75, 3.05) is 18.4 Å². The number of carboxylic acid groups (broad SMARTS) is 1. The van der Waals surface area contributed by atoms with Gasteiger partial charge >= 0.3 is 12.0 Å². The Morgan fingerprint density at radius 1 is 1.36 bits per heavy atom. The minimum Gasteiger partial charge on any atom is -0.481 e. The first-order valence-electron chi connectivity index (χ1n) is 8.27. The third kappa shape index (κ3) is 3.81. The number of hydrogen-bond acceptors (Lipinski definition) is 4. The van der Waals surface area contributed by atoms with Gasteiger partial charge in [-0.3, -0.25) is 4.79 Å². The van der Waals surface area contributed by atoms with Crippen molar-refractivity contribution in [3.8, 4) is 11.5 Å². The van der Waals surface area contributed by atoms with E-state index in [-0.39, 0.29) is 12.6 Å². The molecule has 0 aliphatic carbocycles. The molecule has 1 saturated heterocycles. The van der Waals surface area contributed by atoms with Crippen molar-refractivity contribution < 1.29 is 19.1 Å². The fourth-order valence-electron chi connectivity index (χ4n) is 2.89. The number of urea groups is 1. The van der Waals surface area contributed by atoms with Crippen LogP contribution in [0.1, 0.15) is 24.3 Å². The van der Waals surface area contributed by atoms with Crippen molar-refractivity contribution in [3.05, 3.63) is 35.7 Å². The molecule has 132 valence electrons. The van der Waals surface area contributed by atoms with Crippen LogP contribution in [0.3, 0.4) is 0 Å². The molecule has 0 radical (unpaired) electrons. The van der Waals surface area contributed by atoms with Gasteiger partial charge in [0.05, 0.1) is 11.6 Å². The molecular weight excluding hydrogens is 322 g/mol. The van der Waals surface area contributed by atoms with Crippen LogP contribution >= 0.6 is 0 Å². The van der Waals surface area contributed by atoms with Gasteiger partial charge in [0.25, 0.3) is 0 Å². The number of oxazole rings is 1. The van der Waals surface area contributed by atoms with Gasteiger partial charge in [-0.25, -0.2) is 9.78 Å². The predicted molar refractivity (Wildman–Crippen MR) is 92.4 cm³/mol. The van der Waals surface area contributed by atoms with Gasteiger partial charge in [-0.1, -0.05) is 6.07 Å². The third-order valence-electron chi connectivity index (χ3n) is 4.45. The van der Waals surface area contributed by atoms with Gasteiger partial charge in [0.1, 0.15) is 5.76 Å². The number of hydrogen-bond donors (Lipinski definition) is 2. The van der Waals surface area contributed by atoms with Gasteiger partial charge in [-0.05, 0) is 44.9 Å². The van der Waals surface area contributed by atoms with E-state index in [0.29, 0.717) is 31.0 Å². The van der Waals surface area contributed by atoms with Crippen molar-refractivity contribution in [1.82, 2.24) is 9.88 Å². The molecule has 1 fully saturated rings. The van der Waals surface area contributed by atoms with Crippen LogP contribution in [-0.2, 0) is 4.79 Å². The number of carbonyl (C=O) groups excluding carboxylic acids is 1. The van der Waals surface area contributed by atoms with Gasteiger partial charge in [0, 0.05) is 24.3 Å². The van der Waals surface area contributed by atoms with Crippen molar-refractivity contribution in [1.29, 1.82) is 0 Å². The molecule has 2 aromatic rings. The van der Waals surface area contributed by atoms with Crippen LogP contribution in [0, 0.1) is 19.8 Å². The second-order valence-electron chi connectivity index (χ2n) is 6.29. The van der Waals surface area contributed by atoms with E-state index in [4.69, 9.17) is 9.52 Å². The lowest BCUT2D eigenvalue weighted by Gasteiger charge is -2.30. The van der Waals surface area contributed by atoms with Crippen molar-refractivity contribution in [2.45, 2.75) is 26.7 Å². The maximum absolute atomic E-state index is 12.4. The minimum atomic E-state index is -0.853. The largest absolute Gasteiger partial charge is 0.481 e. The summed E-state index contributed by atoms with van der Waals surface area (Å²) in [5, 5.41) is 12.0. The molecule has 1 atom stereocenters. The van der Waals surface area contributed by atoms with Gasteiger partial charge in [0.2, 0.25) is 5.89 Å². The minimum absolute atomic E-state index is 0.235. The molecule has 1 aromatic carbocycles. The van der Waals surface area contributed by atoms with Crippen molar-refractivity contribution in [3.63, 3.8) is 0 Å². The normalized spacial score (nSPS) is 17.4. The number of nitrogens with zero attached hydrogens (tertiary/aromatic N) is 2. The Morgan fingerprint density at radius 3 is 2.84 bits per heavy atom. The number of aliphatic carboxylic acids is 1. The van der Waals surface area contributed by atoms with Crippen LogP contribution in [0.15, 0.2) is 28.7 Å². The smallest absolute Gasteiger partial charge is 0.321 e. The van der Waals surface area contributed by atoms with E-state index in [9.17, 15) is 9.59 Å². The highest BCUT2D eigenvalue weighted by molar-refractivity contribution is 5.90. The quantitative estimate of drug-likeness (QED) is 0.891. The zero-order valence-electron chi connectivity index (χ0n) is 14.3. The first-order valence-corrected chi connectivity index (χ1v) is 8.27. The number of piperidine rings is 1. The summed E-state index contributed by atoms with van der Waals surface area (Å²) in [6, 6.07) is 6.96. The Morgan fingerprint density at radius 2 is 2.16 bits per heavy atom. The molecule has 0 saturated carbocycles. The molecule has 1 aliphatic heterocycles. The Hall–Kier alpha value is -2.83. The summed E-state index contributed by atoms with van der Waals surface area (Å²) in [6.07, 6.45) is 1.30. The summed E-state index contributed by atoms with van der Waals surface area (Å²) in [7, 11) is 0. The molecule has 0 bridgehead atoms. The maximum Gasteiger partial charge on any atom is 0.321 e. The highest BCUT2D eigenvalue weighted by atomic mass is 16.4. The zero-order chi connectivity index (χ0) is 18.0. The monoisotopic (exact) mass is 343 g/mol. The first-order chi connectivity index (χ1) is 11.9. The molecule has 1 aliphatic rings. The van der Waals surface area contributed by atoms with Gasteiger partial charge in [-0.15, -0.1) is 0 Å². The van der Waals surface area contributed by atoms with E-state index < -0.39 is 11.9 Å². The number of rotatable bonds is 3. The number of carboxylic acids is 1. The Bertz CT molecular complexity index is 780. The summed E-state index contributed by atoms with van der Waals surface area (Å²) >= 11 is 0. The van der Waals surface area contributed by atoms with E-state index in [2.05, 4.69) is 10.3 Å². The Kier molecular flexibility index (Phi) is 4.74. The number of anilines is 1. The number of aryl methyl sites for hydroxylation is 2. The van der Waals surface area contributed by atoms with Crippen LogP contribution in [0.2, 0.25) is 0 Å². The van der Waals surface area contributed by atoms with Crippen LogP contribution in [-0.4, -0.2) is 40.1 Å². The summed E-state index contributed by atoms with van der Waals surface area (Å²) in [5.41, 5.74) is 2.22. The lowest BCUT2D eigenvalue weighted by molar-refractivity contribution is -0.143. The zero-order valence-corrected chi connectivity index (χ0v) is 14.3. The van der Waals surface area contributed by atoms with Crippen LogP contribution in [0.5, 0.6) is 0 Å². The molecule has 7 heteroatoms. The molecule has 7 nitrogen and oxygen atoms in total. The predicted octanol–water partition coefficient (Wildman–Crippen LogP) is 3.29. The molecule has 3 rings (SSSR count). The number of benzene rings is 1. The Balaban J connectivity index is 1.71. The summed E-state index contributed by atoms with van der Waals surface area (Å²) < 4.78 is 5.62. The number of likely N-dealkylation sites (tertiary alicyclic amines) is 1. The second kappa shape index (κ2) is 6.96. The van der Waals surface area contributed by atoms with E-state index >= 15 is 0 Å². The molecule has 2 heterocycles. The Labute approximate surface area is 145 Å². The van der Waals surface area contributed by atoms with E-state index in [1.54, 1.807) is 17.0 Å². The first kappa shape index (κ1) is 17.0. The van der Waals surface area contributed by atoms with E-state index in [1.165, 1.54) is 0 Å². The molecule has 1 aromatic heterocycles. The molecule has 25 heavy (non-hydrogen) atoms. The average molecular weight is 343 g/mol. The average Bonchev–Trinajstić information content (AvgIpc) is 2.94. The SMILES string of the molecule is Cc1nc(-c2cccc(NC(=O)N3CCCC(C(=O)O)C3)c2)oc1C.